The largest absolute Gasteiger partial charge is 0.490 e. The highest BCUT2D eigenvalue weighted by atomic mass is 19.1. The van der Waals surface area contributed by atoms with E-state index in [1.54, 1.807) is 24.3 Å². The van der Waals surface area contributed by atoms with Gasteiger partial charge < -0.3 is 15.2 Å². The number of likely N-dealkylation sites (tertiary alicyclic amines) is 1. The van der Waals surface area contributed by atoms with Crippen molar-refractivity contribution in [3.63, 3.8) is 0 Å². The standard InChI is InChI=1S/C30H37FN2O4/c1-30(2)16-24(33(3)17-30)28(34)32-19-13-14-20(15-19)37-25-12-6-10-22(29(35)36)27(25)21-9-5-11-23(31)26(21)18-7-4-8-18/h5-6,9-12,18-20,24H,4,7-8,13-17H2,1-3H3,(H,32,34)(H,35,36)/t19-,20-,24+/m1/s1. The second kappa shape index (κ2) is 10.1. The number of amides is 1. The van der Waals surface area contributed by atoms with Crippen LogP contribution in [0.2, 0.25) is 0 Å². The van der Waals surface area contributed by atoms with E-state index in [-0.39, 0.29) is 46.8 Å². The number of nitrogens with one attached hydrogen (secondary N) is 1. The molecule has 6 nitrogen and oxygen atoms in total. The van der Waals surface area contributed by atoms with E-state index < -0.39 is 5.97 Å². The Morgan fingerprint density at radius 1 is 1.11 bits per heavy atom. The van der Waals surface area contributed by atoms with Crippen LogP contribution in [-0.4, -0.2) is 53.7 Å². The van der Waals surface area contributed by atoms with Crippen molar-refractivity contribution in [1.29, 1.82) is 0 Å². The Hall–Kier alpha value is -2.93. The summed E-state index contributed by atoms with van der Waals surface area (Å²) in [5, 5.41) is 13.2. The zero-order valence-corrected chi connectivity index (χ0v) is 21.9. The number of ether oxygens (including phenoxy) is 1. The van der Waals surface area contributed by atoms with Crippen LogP contribution in [0.4, 0.5) is 4.39 Å². The van der Waals surface area contributed by atoms with E-state index in [2.05, 4.69) is 24.1 Å². The van der Waals surface area contributed by atoms with Gasteiger partial charge in [-0.05, 0) is 79.8 Å². The van der Waals surface area contributed by atoms with Crippen LogP contribution < -0.4 is 10.1 Å². The van der Waals surface area contributed by atoms with E-state index in [0.29, 0.717) is 28.9 Å². The Kier molecular flexibility index (Phi) is 7.01. The van der Waals surface area contributed by atoms with Crippen molar-refractivity contribution >= 4 is 11.9 Å². The first kappa shape index (κ1) is 25.7. The zero-order chi connectivity index (χ0) is 26.3. The summed E-state index contributed by atoms with van der Waals surface area (Å²) in [4.78, 5) is 27.3. The molecule has 3 aliphatic rings. The van der Waals surface area contributed by atoms with Gasteiger partial charge in [0.25, 0.3) is 0 Å². The molecular weight excluding hydrogens is 471 g/mol. The molecule has 7 heteroatoms. The molecule has 1 aliphatic heterocycles. The topological polar surface area (TPSA) is 78.9 Å². The van der Waals surface area contributed by atoms with Crippen molar-refractivity contribution in [2.75, 3.05) is 13.6 Å². The predicted molar refractivity (Wildman–Crippen MR) is 140 cm³/mol. The molecule has 3 atom stereocenters. The van der Waals surface area contributed by atoms with Gasteiger partial charge in [0.2, 0.25) is 5.91 Å². The van der Waals surface area contributed by atoms with Gasteiger partial charge in [0.1, 0.15) is 17.7 Å². The number of aromatic carboxylic acids is 1. The maximum atomic E-state index is 15.0. The average Bonchev–Trinajstić information content (AvgIpc) is 3.35. The number of likely N-dealkylation sites (N-methyl/N-ethyl adjacent to an activating group) is 1. The first-order valence-corrected chi connectivity index (χ1v) is 13.5. The fourth-order valence-electron chi connectivity index (χ4n) is 6.43. The summed E-state index contributed by atoms with van der Waals surface area (Å²) in [6.45, 7) is 5.27. The van der Waals surface area contributed by atoms with E-state index in [9.17, 15) is 14.7 Å². The molecule has 37 heavy (non-hydrogen) atoms. The Balaban J connectivity index is 1.35. The lowest BCUT2D eigenvalue weighted by Gasteiger charge is -2.29. The summed E-state index contributed by atoms with van der Waals surface area (Å²) in [6.07, 6.45) is 5.74. The van der Waals surface area contributed by atoms with E-state index in [1.807, 2.05) is 13.1 Å². The highest BCUT2D eigenvalue weighted by Gasteiger charge is 2.40. The van der Waals surface area contributed by atoms with Crippen LogP contribution in [0.5, 0.6) is 5.75 Å². The second-order valence-electron chi connectivity index (χ2n) is 11.9. The van der Waals surface area contributed by atoms with Crippen LogP contribution in [0.1, 0.15) is 80.6 Å². The van der Waals surface area contributed by atoms with Crippen LogP contribution in [0, 0.1) is 11.2 Å². The minimum atomic E-state index is -1.07. The quantitative estimate of drug-likeness (QED) is 0.509. The summed E-state index contributed by atoms with van der Waals surface area (Å²) in [7, 11) is 2.00. The second-order valence-corrected chi connectivity index (χ2v) is 11.9. The number of rotatable bonds is 7. The Morgan fingerprint density at radius 2 is 1.86 bits per heavy atom. The molecule has 0 radical (unpaired) electrons. The first-order valence-electron chi connectivity index (χ1n) is 13.5. The number of carbonyl (C=O) groups is 2. The SMILES string of the molecule is CN1CC(C)(C)C[C@H]1C(=O)N[C@@H]1CC[C@@H](Oc2cccc(C(=O)O)c2-c2cccc(F)c2C2CCC2)C1. The monoisotopic (exact) mass is 508 g/mol. The van der Waals surface area contributed by atoms with E-state index in [4.69, 9.17) is 4.74 Å². The lowest BCUT2D eigenvalue weighted by atomic mass is 9.76. The number of hydrogen-bond acceptors (Lipinski definition) is 4. The summed E-state index contributed by atoms with van der Waals surface area (Å²) in [5.74, 6) is -0.741. The molecule has 2 aromatic rings. The minimum Gasteiger partial charge on any atom is -0.490 e. The first-order chi connectivity index (χ1) is 17.6. The fourth-order valence-corrected chi connectivity index (χ4v) is 6.43. The van der Waals surface area contributed by atoms with Crippen LogP contribution >= 0.6 is 0 Å². The van der Waals surface area contributed by atoms with Gasteiger partial charge in [-0.1, -0.05) is 38.5 Å². The van der Waals surface area contributed by atoms with Gasteiger partial charge in [-0.15, -0.1) is 0 Å². The van der Waals surface area contributed by atoms with Gasteiger partial charge >= 0.3 is 5.97 Å². The molecule has 3 fully saturated rings. The Morgan fingerprint density at radius 3 is 2.51 bits per heavy atom. The van der Waals surface area contributed by atoms with E-state index in [1.165, 1.54) is 6.07 Å². The molecule has 5 rings (SSSR count). The smallest absolute Gasteiger partial charge is 0.336 e. The number of carboxylic acid groups (broad SMARTS) is 1. The molecule has 2 aliphatic carbocycles. The zero-order valence-electron chi connectivity index (χ0n) is 21.9. The van der Waals surface area contributed by atoms with Gasteiger partial charge in [-0.25, -0.2) is 9.18 Å². The van der Waals surface area contributed by atoms with Gasteiger partial charge in [-0.2, -0.15) is 0 Å². The summed E-state index contributed by atoms with van der Waals surface area (Å²) in [6, 6.07) is 9.80. The van der Waals surface area contributed by atoms with Crippen molar-refractivity contribution in [2.24, 2.45) is 5.41 Å². The molecule has 2 saturated carbocycles. The highest BCUT2D eigenvalue weighted by molar-refractivity contribution is 5.98. The van der Waals surface area contributed by atoms with Crippen molar-refractivity contribution < 1.29 is 23.8 Å². The van der Waals surface area contributed by atoms with E-state index in [0.717, 1.165) is 45.1 Å². The third kappa shape index (κ3) is 5.24. The molecule has 0 unspecified atom stereocenters. The van der Waals surface area contributed by atoms with Gasteiger partial charge in [0, 0.05) is 24.6 Å². The fraction of sp³-hybridized carbons (Fsp3) is 0.533. The third-order valence-corrected chi connectivity index (χ3v) is 8.37. The number of carboxylic acids is 1. The number of nitrogens with zero attached hydrogens (tertiary/aromatic N) is 1. The summed E-state index contributed by atoms with van der Waals surface area (Å²) in [5.41, 5.74) is 1.87. The normalized spacial score (nSPS) is 25.6. The minimum absolute atomic E-state index is 0.0143. The molecule has 1 saturated heterocycles. The van der Waals surface area contributed by atoms with Gasteiger partial charge in [0.05, 0.1) is 11.6 Å². The molecule has 0 bridgehead atoms. The molecule has 0 aromatic heterocycles. The van der Waals surface area contributed by atoms with Crippen LogP contribution in [0.25, 0.3) is 11.1 Å². The van der Waals surface area contributed by atoms with Gasteiger partial charge in [0.15, 0.2) is 0 Å². The lowest BCUT2D eigenvalue weighted by molar-refractivity contribution is -0.125. The number of carbonyl (C=O) groups excluding carboxylic acids is 1. The van der Waals surface area contributed by atoms with Crippen molar-refractivity contribution in [3.8, 4) is 16.9 Å². The lowest BCUT2D eigenvalue weighted by Crippen LogP contribution is -2.45. The van der Waals surface area contributed by atoms with Gasteiger partial charge in [-0.3, -0.25) is 9.69 Å². The predicted octanol–water partition coefficient (Wildman–Crippen LogP) is 5.60. The van der Waals surface area contributed by atoms with E-state index >= 15 is 4.39 Å². The van der Waals surface area contributed by atoms with Crippen LogP contribution in [-0.2, 0) is 4.79 Å². The van der Waals surface area contributed by atoms with Crippen molar-refractivity contribution in [1.82, 2.24) is 10.2 Å². The maximum Gasteiger partial charge on any atom is 0.336 e. The molecule has 2 N–H and O–H groups in total. The highest BCUT2D eigenvalue weighted by Crippen LogP contribution is 2.46. The molecular formula is C30H37FN2O4. The van der Waals surface area contributed by atoms with Crippen LogP contribution in [0.15, 0.2) is 36.4 Å². The molecule has 1 amide bonds. The molecule has 1 heterocycles. The van der Waals surface area contributed by atoms with Crippen LogP contribution in [0.3, 0.4) is 0 Å². The summed E-state index contributed by atoms with van der Waals surface area (Å²) < 4.78 is 21.4. The molecule has 198 valence electrons. The van der Waals surface area contributed by atoms with Crippen molar-refractivity contribution in [2.45, 2.75) is 82.9 Å². The third-order valence-electron chi connectivity index (χ3n) is 8.37. The van der Waals surface area contributed by atoms with Crippen molar-refractivity contribution in [3.05, 3.63) is 53.3 Å². The maximum absolute atomic E-state index is 15.0. The number of hydrogen-bond donors (Lipinski definition) is 2. The number of benzene rings is 2. The number of halogens is 1. The Bertz CT molecular complexity index is 1190. The summed E-state index contributed by atoms with van der Waals surface area (Å²) >= 11 is 0. The average molecular weight is 509 g/mol. The molecule has 0 spiro atoms. The Labute approximate surface area is 218 Å². The molecule has 2 aromatic carbocycles.